The number of carboxylic acid groups (broad SMARTS) is 1. The quantitative estimate of drug-likeness (QED) is 0.710. The fourth-order valence-electron chi connectivity index (χ4n) is 1.44. The first kappa shape index (κ1) is 11.9. The molecule has 2 aromatic heterocycles. The van der Waals surface area contributed by atoms with E-state index < -0.39 is 18.4 Å². The van der Waals surface area contributed by atoms with Gasteiger partial charge in [0.25, 0.3) is 0 Å². The summed E-state index contributed by atoms with van der Waals surface area (Å²) in [7, 11) is 0. The highest BCUT2D eigenvalue weighted by atomic mass is 16.4. The summed E-state index contributed by atoms with van der Waals surface area (Å²) in [5, 5.41) is 14.2. The number of rotatable bonds is 5. The summed E-state index contributed by atoms with van der Waals surface area (Å²) in [4.78, 5) is 25.6. The molecule has 18 heavy (non-hydrogen) atoms. The third kappa shape index (κ3) is 2.76. The summed E-state index contributed by atoms with van der Waals surface area (Å²) in [6, 6.07) is 3.45. The van der Waals surface area contributed by atoms with Crippen molar-refractivity contribution in [3.05, 3.63) is 24.6 Å². The lowest BCUT2D eigenvalue weighted by atomic mass is 10.3. The zero-order valence-electron chi connectivity index (χ0n) is 9.34. The lowest BCUT2D eigenvalue weighted by molar-refractivity contribution is -0.137. The summed E-state index contributed by atoms with van der Waals surface area (Å²) in [6.45, 7) is -0.450. The van der Waals surface area contributed by atoms with Gasteiger partial charge in [-0.2, -0.15) is 0 Å². The van der Waals surface area contributed by atoms with Crippen molar-refractivity contribution in [1.82, 2.24) is 10.3 Å². The van der Waals surface area contributed by atoms with E-state index in [1.807, 2.05) is 0 Å². The predicted molar refractivity (Wildman–Crippen MR) is 63.1 cm³/mol. The molecule has 2 aromatic rings. The minimum absolute atomic E-state index is 0.0510. The van der Waals surface area contributed by atoms with Crippen LogP contribution in [0, 0.1) is 0 Å². The lowest BCUT2D eigenvalue weighted by Crippen LogP contribution is -2.33. The SMILES string of the molecule is O=C(O)CNC(=O)CNc1nccc2occc12. The molecule has 2 heterocycles. The molecular weight excluding hydrogens is 238 g/mol. The van der Waals surface area contributed by atoms with Crippen LogP contribution < -0.4 is 10.6 Å². The molecule has 0 atom stereocenters. The highest BCUT2D eigenvalue weighted by Gasteiger charge is 2.07. The Bertz CT molecular complexity index is 578. The average molecular weight is 249 g/mol. The first-order valence-electron chi connectivity index (χ1n) is 5.21. The first-order valence-corrected chi connectivity index (χ1v) is 5.21. The Morgan fingerprint density at radius 1 is 1.33 bits per heavy atom. The summed E-state index contributed by atoms with van der Waals surface area (Å²) in [5.74, 6) is -0.982. The van der Waals surface area contributed by atoms with Crippen LogP contribution in [-0.4, -0.2) is 35.1 Å². The van der Waals surface area contributed by atoms with Crippen molar-refractivity contribution >= 4 is 28.7 Å². The van der Waals surface area contributed by atoms with E-state index in [1.54, 1.807) is 18.3 Å². The molecule has 0 unspecified atom stereocenters. The molecule has 0 aromatic carbocycles. The molecule has 0 saturated heterocycles. The van der Waals surface area contributed by atoms with Crippen LogP contribution in [0.15, 0.2) is 29.0 Å². The van der Waals surface area contributed by atoms with Crippen molar-refractivity contribution in [2.75, 3.05) is 18.4 Å². The number of nitrogens with zero attached hydrogens (tertiary/aromatic N) is 1. The zero-order valence-corrected chi connectivity index (χ0v) is 9.34. The standard InChI is InChI=1S/C11H11N3O4/c15-9(13-6-10(16)17)5-14-11-7-2-4-18-8(7)1-3-12-11/h1-4H,5-6H2,(H,12,14)(H,13,15)(H,16,17). The molecule has 7 nitrogen and oxygen atoms in total. The van der Waals surface area contributed by atoms with Crippen molar-refractivity contribution in [1.29, 1.82) is 0 Å². The van der Waals surface area contributed by atoms with Crippen LogP contribution in [0.3, 0.4) is 0 Å². The van der Waals surface area contributed by atoms with Gasteiger partial charge in [0.15, 0.2) is 0 Å². The number of carbonyl (C=O) groups is 2. The Labute approximate surface area is 102 Å². The molecule has 7 heteroatoms. The van der Waals surface area contributed by atoms with E-state index in [-0.39, 0.29) is 6.54 Å². The molecule has 0 fully saturated rings. The van der Waals surface area contributed by atoms with Crippen molar-refractivity contribution in [2.24, 2.45) is 0 Å². The molecule has 0 aliphatic rings. The Hall–Kier alpha value is -2.57. The van der Waals surface area contributed by atoms with Gasteiger partial charge in [0.1, 0.15) is 17.9 Å². The van der Waals surface area contributed by atoms with Crippen molar-refractivity contribution in [2.45, 2.75) is 0 Å². The smallest absolute Gasteiger partial charge is 0.322 e. The summed E-state index contributed by atoms with van der Waals surface area (Å²) in [6.07, 6.45) is 3.09. The number of nitrogens with one attached hydrogen (secondary N) is 2. The van der Waals surface area contributed by atoms with Gasteiger partial charge in [-0.1, -0.05) is 0 Å². The first-order chi connectivity index (χ1) is 8.66. The van der Waals surface area contributed by atoms with E-state index in [4.69, 9.17) is 9.52 Å². The van der Waals surface area contributed by atoms with Gasteiger partial charge < -0.3 is 20.2 Å². The van der Waals surface area contributed by atoms with E-state index in [0.29, 0.717) is 11.4 Å². The Morgan fingerprint density at radius 2 is 2.17 bits per heavy atom. The van der Waals surface area contributed by atoms with Gasteiger partial charge in [0.2, 0.25) is 5.91 Å². The molecule has 94 valence electrons. The number of carbonyl (C=O) groups excluding carboxylic acids is 1. The minimum atomic E-state index is -1.08. The number of furan rings is 1. The van der Waals surface area contributed by atoms with Crippen LogP contribution in [-0.2, 0) is 9.59 Å². The molecule has 3 N–H and O–H groups in total. The minimum Gasteiger partial charge on any atom is -0.480 e. The van der Waals surface area contributed by atoms with Gasteiger partial charge in [-0.15, -0.1) is 0 Å². The molecule has 0 spiro atoms. The van der Waals surface area contributed by atoms with Crippen LogP contribution in [0.25, 0.3) is 11.0 Å². The van der Waals surface area contributed by atoms with Gasteiger partial charge in [0, 0.05) is 6.20 Å². The monoisotopic (exact) mass is 249 g/mol. The molecule has 0 radical (unpaired) electrons. The predicted octanol–water partition coefficient (Wildman–Crippen LogP) is 0.440. The highest BCUT2D eigenvalue weighted by molar-refractivity contribution is 5.90. The third-order valence-electron chi connectivity index (χ3n) is 2.23. The number of pyridine rings is 1. The van der Waals surface area contributed by atoms with Crippen LogP contribution in [0.2, 0.25) is 0 Å². The summed E-state index contributed by atoms with van der Waals surface area (Å²) in [5.41, 5.74) is 0.665. The van der Waals surface area contributed by atoms with E-state index >= 15 is 0 Å². The second kappa shape index (κ2) is 5.17. The van der Waals surface area contributed by atoms with E-state index in [2.05, 4.69) is 15.6 Å². The van der Waals surface area contributed by atoms with Gasteiger partial charge in [0.05, 0.1) is 18.2 Å². The van der Waals surface area contributed by atoms with Crippen molar-refractivity contribution in [3.63, 3.8) is 0 Å². The summed E-state index contributed by atoms with van der Waals surface area (Å²) < 4.78 is 5.19. The number of hydrogen-bond acceptors (Lipinski definition) is 5. The van der Waals surface area contributed by atoms with Crippen molar-refractivity contribution < 1.29 is 19.1 Å². The number of aromatic nitrogens is 1. The molecule has 0 aliphatic carbocycles. The van der Waals surface area contributed by atoms with Crippen LogP contribution in [0.1, 0.15) is 0 Å². The second-order valence-electron chi connectivity index (χ2n) is 3.52. The molecule has 1 amide bonds. The largest absolute Gasteiger partial charge is 0.480 e. The maximum absolute atomic E-state index is 11.3. The normalized spacial score (nSPS) is 10.2. The fraction of sp³-hybridized carbons (Fsp3) is 0.182. The summed E-state index contributed by atoms with van der Waals surface area (Å²) >= 11 is 0. The highest BCUT2D eigenvalue weighted by Crippen LogP contribution is 2.21. The van der Waals surface area contributed by atoms with Crippen LogP contribution in [0.4, 0.5) is 5.82 Å². The molecule has 0 saturated carbocycles. The number of anilines is 1. The maximum Gasteiger partial charge on any atom is 0.322 e. The van der Waals surface area contributed by atoms with Crippen molar-refractivity contribution in [3.8, 4) is 0 Å². The Balaban J connectivity index is 1.96. The van der Waals surface area contributed by atoms with E-state index in [9.17, 15) is 9.59 Å². The fourth-order valence-corrected chi connectivity index (χ4v) is 1.44. The Kier molecular flexibility index (Phi) is 3.42. The van der Waals surface area contributed by atoms with E-state index in [0.717, 1.165) is 5.39 Å². The van der Waals surface area contributed by atoms with Gasteiger partial charge >= 0.3 is 5.97 Å². The van der Waals surface area contributed by atoms with Gasteiger partial charge in [-0.05, 0) is 12.1 Å². The molecule has 0 aliphatic heterocycles. The van der Waals surface area contributed by atoms with Gasteiger partial charge in [-0.3, -0.25) is 9.59 Å². The number of fused-ring (bicyclic) bond motifs is 1. The average Bonchev–Trinajstić information content (AvgIpc) is 2.82. The lowest BCUT2D eigenvalue weighted by Gasteiger charge is -2.06. The molecule has 2 rings (SSSR count). The van der Waals surface area contributed by atoms with Crippen LogP contribution in [0.5, 0.6) is 0 Å². The topological polar surface area (TPSA) is 104 Å². The Morgan fingerprint density at radius 3 is 2.94 bits per heavy atom. The van der Waals surface area contributed by atoms with E-state index in [1.165, 1.54) is 6.26 Å². The number of hydrogen-bond donors (Lipinski definition) is 3. The molecular formula is C11H11N3O4. The molecule has 0 bridgehead atoms. The van der Waals surface area contributed by atoms with Crippen LogP contribution >= 0.6 is 0 Å². The van der Waals surface area contributed by atoms with Gasteiger partial charge in [-0.25, -0.2) is 4.98 Å². The number of amides is 1. The third-order valence-corrected chi connectivity index (χ3v) is 2.23. The second-order valence-corrected chi connectivity index (χ2v) is 3.52. The maximum atomic E-state index is 11.3. The number of aliphatic carboxylic acids is 1. The number of carboxylic acids is 1. The zero-order chi connectivity index (χ0) is 13.0.